The highest BCUT2D eigenvalue weighted by molar-refractivity contribution is 5.91. The summed E-state index contributed by atoms with van der Waals surface area (Å²) in [4.78, 5) is 23.9. The Kier molecular flexibility index (Phi) is 6.92. The molecule has 0 aliphatic rings. The number of aryl methyl sites for hydroxylation is 1. The minimum atomic E-state index is -0.595. The summed E-state index contributed by atoms with van der Waals surface area (Å²) in [7, 11) is 1.55. The molecule has 3 aromatic rings. The fourth-order valence-electron chi connectivity index (χ4n) is 2.83. The van der Waals surface area contributed by atoms with Crippen molar-refractivity contribution in [2.75, 3.05) is 20.3 Å². The number of hydrogen-bond donors (Lipinski definition) is 1. The highest BCUT2D eigenvalue weighted by atomic mass is 16.5. The van der Waals surface area contributed by atoms with Gasteiger partial charge in [0.2, 0.25) is 11.8 Å². The summed E-state index contributed by atoms with van der Waals surface area (Å²) in [5.74, 6) is -0.207. The van der Waals surface area contributed by atoms with Crippen LogP contribution in [0.5, 0.6) is 0 Å². The van der Waals surface area contributed by atoms with Gasteiger partial charge >= 0.3 is 5.97 Å². The maximum atomic E-state index is 12.2. The second-order valence-electron chi connectivity index (χ2n) is 6.80. The smallest absolute Gasteiger partial charge is 0.338 e. The van der Waals surface area contributed by atoms with Crippen LogP contribution in [-0.2, 0) is 14.3 Å². The molecule has 0 saturated heterocycles. The number of benzene rings is 2. The van der Waals surface area contributed by atoms with Gasteiger partial charge in [0.05, 0.1) is 12.2 Å². The summed E-state index contributed by atoms with van der Waals surface area (Å²) < 4.78 is 15.8. The fourth-order valence-corrected chi connectivity index (χ4v) is 2.83. The van der Waals surface area contributed by atoms with Crippen LogP contribution in [0.2, 0.25) is 0 Å². The first kappa shape index (κ1) is 21.2. The first-order valence-electron chi connectivity index (χ1n) is 9.43. The zero-order valence-corrected chi connectivity index (χ0v) is 17.0. The van der Waals surface area contributed by atoms with Crippen LogP contribution in [0.3, 0.4) is 0 Å². The number of amides is 1. The Bertz CT molecular complexity index is 1010. The summed E-state index contributed by atoms with van der Waals surface area (Å²) in [6, 6.07) is 14.1. The van der Waals surface area contributed by atoms with Gasteiger partial charge in [-0.15, -0.1) is 10.2 Å². The Labute approximate surface area is 174 Å². The molecule has 3 rings (SSSR count). The highest BCUT2D eigenvalue weighted by Crippen LogP contribution is 2.26. The van der Waals surface area contributed by atoms with E-state index in [1.54, 1.807) is 38.3 Å². The first-order chi connectivity index (χ1) is 14.5. The van der Waals surface area contributed by atoms with Crippen LogP contribution in [0.25, 0.3) is 22.9 Å². The molecule has 30 heavy (non-hydrogen) atoms. The van der Waals surface area contributed by atoms with Crippen LogP contribution in [0.1, 0.15) is 22.8 Å². The summed E-state index contributed by atoms with van der Waals surface area (Å²) in [5.41, 5.74) is 2.89. The second-order valence-corrected chi connectivity index (χ2v) is 6.80. The third-order valence-electron chi connectivity index (χ3n) is 4.33. The van der Waals surface area contributed by atoms with E-state index in [0.717, 1.165) is 11.1 Å². The van der Waals surface area contributed by atoms with Crippen molar-refractivity contribution in [1.82, 2.24) is 15.5 Å². The van der Waals surface area contributed by atoms with E-state index in [-0.39, 0.29) is 18.6 Å². The van der Waals surface area contributed by atoms with Gasteiger partial charge in [0.25, 0.3) is 5.91 Å². The molecule has 8 heteroatoms. The molecule has 2 aromatic carbocycles. The molecule has 1 amide bonds. The molecule has 0 aliphatic carbocycles. The number of rotatable bonds is 8. The number of carbonyl (C=O) groups is 2. The third kappa shape index (κ3) is 5.30. The minimum absolute atomic E-state index is 0.167. The molecular formula is C22H23N3O5. The van der Waals surface area contributed by atoms with E-state index < -0.39 is 5.97 Å². The Morgan fingerprint density at radius 2 is 1.77 bits per heavy atom. The van der Waals surface area contributed by atoms with Crippen LogP contribution < -0.4 is 5.32 Å². The molecule has 0 aliphatic heterocycles. The maximum absolute atomic E-state index is 12.2. The summed E-state index contributed by atoms with van der Waals surface area (Å²) in [6.45, 7) is 3.78. The zero-order valence-electron chi connectivity index (χ0n) is 17.0. The van der Waals surface area contributed by atoms with Gasteiger partial charge in [0.1, 0.15) is 0 Å². The molecule has 0 bridgehead atoms. The lowest BCUT2D eigenvalue weighted by atomic mass is 10.1. The van der Waals surface area contributed by atoms with Gasteiger partial charge in [-0.3, -0.25) is 4.79 Å². The molecule has 156 valence electrons. The van der Waals surface area contributed by atoms with Gasteiger partial charge in [-0.2, -0.15) is 0 Å². The molecule has 1 N–H and O–H groups in total. The van der Waals surface area contributed by atoms with E-state index >= 15 is 0 Å². The van der Waals surface area contributed by atoms with Crippen molar-refractivity contribution in [3.05, 3.63) is 59.7 Å². The number of ether oxygens (including phenoxy) is 2. The van der Waals surface area contributed by atoms with Gasteiger partial charge < -0.3 is 19.2 Å². The monoisotopic (exact) mass is 409 g/mol. The van der Waals surface area contributed by atoms with Crippen LogP contribution >= 0.6 is 0 Å². The summed E-state index contributed by atoms with van der Waals surface area (Å²) >= 11 is 0. The quantitative estimate of drug-likeness (QED) is 0.570. The van der Waals surface area contributed by atoms with Gasteiger partial charge in [-0.1, -0.05) is 18.2 Å². The molecule has 1 unspecified atom stereocenters. The lowest BCUT2D eigenvalue weighted by Crippen LogP contribution is -2.38. The normalized spacial score (nSPS) is 11.7. The van der Waals surface area contributed by atoms with Crippen LogP contribution in [0.15, 0.2) is 52.9 Å². The predicted octanol–water partition coefficient (Wildman–Crippen LogP) is 3.02. The van der Waals surface area contributed by atoms with E-state index in [9.17, 15) is 9.59 Å². The molecule has 1 aromatic heterocycles. The Balaban J connectivity index is 1.61. The van der Waals surface area contributed by atoms with E-state index in [1.807, 2.05) is 31.2 Å². The van der Waals surface area contributed by atoms with Crippen molar-refractivity contribution < 1.29 is 23.5 Å². The van der Waals surface area contributed by atoms with Crippen LogP contribution in [0.4, 0.5) is 0 Å². The molecule has 0 radical (unpaired) electrons. The highest BCUT2D eigenvalue weighted by Gasteiger charge is 2.15. The van der Waals surface area contributed by atoms with Gasteiger partial charge in [-0.05, 0) is 49.7 Å². The average molecular weight is 409 g/mol. The maximum Gasteiger partial charge on any atom is 0.338 e. The number of aromatic nitrogens is 2. The molecular weight excluding hydrogens is 386 g/mol. The Hall–Kier alpha value is -3.52. The van der Waals surface area contributed by atoms with E-state index in [1.165, 1.54) is 0 Å². The Morgan fingerprint density at radius 1 is 1.07 bits per heavy atom. The Morgan fingerprint density at radius 3 is 2.47 bits per heavy atom. The van der Waals surface area contributed by atoms with Crippen molar-refractivity contribution in [3.63, 3.8) is 0 Å². The number of methoxy groups -OCH3 is 1. The molecule has 0 fully saturated rings. The topological polar surface area (TPSA) is 104 Å². The van der Waals surface area contributed by atoms with Crippen LogP contribution in [-0.4, -0.2) is 48.4 Å². The summed E-state index contributed by atoms with van der Waals surface area (Å²) in [5, 5.41) is 10.9. The molecule has 0 spiro atoms. The second kappa shape index (κ2) is 9.80. The number of carbonyl (C=O) groups excluding carboxylic acids is 2. The molecule has 8 nitrogen and oxygen atoms in total. The summed E-state index contributed by atoms with van der Waals surface area (Å²) in [6.07, 6.45) is 0. The predicted molar refractivity (Wildman–Crippen MR) is 110 cm³/mol. The van der Waals surface area contributed by atoms with Gasteiger partial charge in [-0.25, -0.2) is 4.79 Å². The fraction of sp³-hybridized carbons (Fsp3) is 0.273. The third-order valence-corrected chi connectivity index (χ3v) is 4.33. The SMILES string of the molecule is COCC(C)NC(=O)COC(=O)c1ccc(-c2nnc(-c3ccccc3C)o2)cc1. The first-order valence-corrected chi connectivity index (χ1v) is 9.43. The lowest BCUT2D eigenvalue weighted by molar-refractivity contribution is -0.125. The van der Waals surface area contributed by atoms with Crippen molar-refractivity contribution in [1.29, 1.82) is 0 Å². The molecule has 0 saturated carbocycles. The van der Waals surface area contributed by atoms with Crippen molar-refractivity contribution in [2.24, 2.45) is 0 Å². The lowest BCUT2D eigenvalue weighted by Gasteiger charge is -2.12. The molecule has 1 heterocycles. The van der Waals surface area contributed by atoms with Crippen molar-refractivity contribution in [2.45, 2.75) is 19.9 Å². The van der Waals surface area contributed by atoms with Crippen LogP contribution in [0, 0.1) is 6.92 Å². The largest absolute Gasteiger partial charge is 0.452 e. The minimum Gasteiger partial charge on any atom is -0.452 e. The number of hydrogen-bond acceptors (Lipinski definition) is 7. The number of esters is 1. The molecule has 1 atom stereocenters. The van der Waals surface area contributed by atoms with E-state index in [0.29, 0.717) is 29.5 Å². The zero-order chi connectivity index (χ0) is 21.5. The van der Waals surface area contributed by atoms with E-state index in [2.05, 4.69) is 15.5 Å². The van der Waals surface area contributed by atoms with Gasteiger partial charge in [0, 0.05) is 24.3 Å². The number of nitrogens with zero attached hydrogens (tertiary/aromatic N) is 2. The van der Waals surface area contributed by atoms with E-state index in [4.69, 9.17) is 13.9 Å². The van der Waals surface area contributed by atoms with Crippen molar-refractivity contribution >= 4 is 11.9 Å². The standard InChI is InChI=1S/C22H23N3O5/c1-14-6-4-5-7-18(14)21-25-24-20(30-21)16-8-10-17(11-9-16)22(27)29-13-19(26)23-15(2)12-28-3/h4-11,15H,12-13H2,1-3H3,(H,23,26). The average Bonchev–Trinajstić information content (AvgIpc) is 3.22. The van der Waals surface area contributed by atoms with Gasteiger partial charge in [0.15, 0.2) is 6.61 Å². The number of nitrogens with one attached hydrogen (secondary N) is 1. The van der Waals surface area contributed by atoms with Crippen molar-refractivity contribution in [3.8, 4) is 22.9 Å².